The van der Waals surface area contributed by atoms with E-state index >= 15 is 0 Å². The molecule has 1 heterocycles. The van der Waals surface area contributed by atoms with Crippen LogP contribution in [-0.2, 0) is 0 Å². The van der Waals surface area contributed by atoms with Crippen molar-refractivity contribution in [2.24, 2.45) is 0 Å². The number of piperazine rings is 1. The maximum atomic E-state index is 12.8. The number of anilines is 2. The number of hydrogen-bond acceptors (Lipinski definition) is 4. The van der Waals surface area contributed by atoms with Crippen LogP contribution in [0.3, 0.4) is 0 Å². The van der Waals surface area contributed by atoms with Gasteiger partial charge in [0.05, 0.1) is 11.3 Å². The Morgan fingerprint density at radius 2 is 1.57 bits per heavy atom. The van der Waals surface area contributed by atoms with Crippen molar-refractivity contribution in [1.82, 2.24) is 10.2 Å². The predicted molar refractivity (Wildman–Crippen MR) is 120 cm³/mol. The molecule has 1 aliphatic carbocycles. The Hall–Kier alpha value is -2.86. The third kappa shape index (κ3) is 4.82. The van der Waals surface area contributed by atoms with E-state index in [-0.39, 0.29) is 17.9 Å². The molecule has 6 heteroatoms. The standard InChI is InChI=1S/C24H30N4O2/c1-17(2)27-13-15-28(16-14-27)20-11-7-18(8-12-20)23(29)26-22-6-4-3-5-21(22)24(30)25-19-9-10-19/h3-8,11-12,17,19H,9-10,13-16H2,1-2H3,(H,25,30)(H,26,29). The molecular weight excluding hydrogens is 376 g/mol. The molecule has 0 aromatic heterocycles. The fourth-order valence-electron chi connectivity index (χ4n) is 3.80. The van der Waals surface area contributed by atoms with Crippen LogP contribution < -0.4 is 15.5 Å². The Morgan fingerprint density at radius 1 is 0.900 bits per heavy atom. The monoisotopic (exact) mass is 406 g/mol. The Labute approximate surface area is 178 Å². The fraction of sp³-hybridized carbons (Fsp3) is 0.417. The number of carbonyl (C=O) groups is 2. The molecule has 0 atom stereocenters. The number of hydrogen-bond donors (Lipinski definition) is 2. The summed E-state index contributed by atoms with van der Waals surface area (Å²) in [6.07, 6.45) is 2.05. The number of amides is 2. The second-order valence-electron chi connectivity index (χ2n) is 8.41. The molecule has 1 aliphatic heterocycles. The average Bonchev–Trinajstić information content (AvgIpc) is 3.58. The van der Waals surface area contributed by atoms with Crippen LogP contribution in [0.1, 0.15) is 47.4 Å². The average molecular weight is 407 g/mol. The van der Waals surface area contributed by atoms with E-state index in [2.05, 4.69) is 34.3 Å². The Balaban J connectivity index is 1.39. The van der Waals surface area contributed by atoms with Crippen molar-refractivity contribution < 1.29 is 9.59 Å². The molecule has 30 heavy (non-hydrogen) atoms. The van der Waals surface area contributed by atoms with Crippen molar-refractivity contribution in [3.63, 3.8) is 0 Å². The van der Waals surface area contributed by atoms with Crippen molar-refractivity contribution in [2.45, 2.75) is 38.8 Å². The summed E-state index contributed by atoms with van der Waals surface area (Å²) in [5.74, 6) is -0.345. The van der Waals surface area contributed by atoms with Crippen LogP contribution in [0.2, 0.25) is 0 Å². The maximum Gasteiger partial charge on any atom is 0.255 e. The highest BCUT2D eigenvalue weighted by atomic mass is 16.2. The van der Waals surface area contributed by atoms with Gasteiger partial charge >= 0.3 is 0 Å². The van der Waals surface area contributed by atoms with Crippen molar-refractivity contribution in [2.75, 3.05) is 36.4 Å². The summed E-state index contributed by atoms with van der Waals surface area (Å²) >= 11 is 0. The molecule has 2 N–H and O–H groups in total. The summed E-state index contributed by atoms with van der Waals surface area (Å²) < 4.78 is 0. The molecule has 0 unspecified atom stereocenters. The van der Waals surface area contributed by atoms with E-state index in [1.807, 2.05) is 36.4 Å². The highest BCUT2D eigenvalue weighted by Gasteiger charge is 2.25. The highest BCUT2D eigenvalue weighted by Crippen LogP contribution is 2.23. The topological polar surface area (TPSA) is 64.7 Å². The SMILES string of the molecule is CC(C)N1CCN(c2ccc(C(=O)Nc3ccccc3C(=O)NC3CC3)cc2)CC1. The largest absolute Gasteiger partial charge is 0.369 e. The van der Waals surface area contributed by atoms with Gasteiger partial charge in [-0.1, -0.05) is 12.1 Å². The van der Waals surface area contributed by atoms with Crippen LogP contribution in [0.4, 0.5) is 11.4 Å². The lowest BCUT2D eigenvalue weighted by Crippen LogP contribution is -2.48. The minimum atomic E-state index is -0.210. The van der Waals surface area contributed by atoms with Crippen LogP contribution in [0, 0.1) is 0 Å². The molecule has 0 bridgehead atoms. The van der Waals surface area contributed by atoms with Crippen LogP contribution in [-0.4, -0.2) is 55.0 Å². The Morgan fingerprint density at radius 3 is 2.20 bits per heavy atom. The first-order valence-electron chi connectivity index (χ1n) is 10.8. The summed E-state index contributed by atoms with van der Waals surface area (Å²) in [5.41, 5.74) is 2.75. The number of nitrogens with one attached hydrogen (secondary N) is 2. The smallest absolute Gasteiger partial charge is 0.255 e. The van der Waals surface area contributed by atoms with Gasteiger partial charge in [0.1, 0.15) is 0 Å². The molecule has 1 saturated heterocycles. The highest BCUT2D eigenvalue weighted by molar-refractivity contribution is 6.09. The maximum absolute atomic E-state index is 12.8. The van der Waals surface area contributed by atoms with E-state index in [1.54, 1.807) is 12.1 Å². The van der Waals surface area contributed by atoms with Gasteiger partial charge in [0, 0.05) is 49.5 Å². The third-order valence-electron chi connectivity index (χ3n) is 5.87. The first-order chi connectivity index (χ1) is 14.5. The van der Waals surface area contributed by atoms with E-state index in [1.165, 1.54) is 0 Å². The molecule has 2 amide bonds. The molecule has 6 nitrogen and oxygen atoms in total. The van der Waals surface area contributed by atoms with Gasteiger partial charge in [0.25, 0.3) is 11.8 Å². The van der Waals surface area contributed by atoms with E-state index in [9.17, 15) is 9.59 Å². The zero-order chi connectivity index (χ0) is 21.1. The van der Waals surface area contributed by atoms with Crippen LogP contribution in [0.25, 0.3) is 0 Å². The van der Waals surface area contributed by atoms with Crippen molar-refractivity contribution in [3.05, 3.63) is 59.7 Å². The zero-order valence-electron chi connectivity index (χ0n) is 17.7. The minimum Gasteiger partial charge on any atom is -0.369 e. The van der Waals surface area contributed by atoms with Crippen LogP contribution in [0.15, 0.2) is 48.5 Å². The fourth-order valence-corrected chi connectivity index (χ4v) is 3.80. The van der Waals surface area contributed by atoms with Gasteiger partial charge in [0.2, 0.25) is 0 Å². The summed E-state index contributed by atoms with van der Waals surface area (Å²) in [4.78, 5) is 30.1. The second-order valence-corrected chi connectivity index (χ2v) is 8.41. The normalized spacial score (nSPS) is 17.1. The molecule has 2 aromatic rings. The zero-order valence-corrected chi connectivity index (χ0v) is 17.7. The van der Waals surface area contributed by atoms with Gasteiger partial charge < -0.3 is 15.5 Å². The number of benzene rings is 2. The Bertz CT molecular complexity index is 898. The third-order valence-corrected chi connectivity index (χ3v) is 5.87. The first kappa shape index (κ1) is 20.4. The molecule has 2 fully saturated rings. The summed E-state index contributed by atoms with van der Waals surface area (Å²) in [6.45, 7) is 8.56. The second kappa shape index (κ2) is 8.88. The van der Waals surface area contributed by atoms with Crippen molar-refractivity contribution >= 4 is 23.2 Å². The Kier molecular flexibility index (Phi) is 6.04. The summed E-state index contributed by atoms with van der Waals surface area (Å²) in [5, 5.41) is 5.88. The molecule has 0 spiro atoms. The van der Waals surface area contributed by atoms with Gasteiger partial charge in [-0.15, -0.1) is 0 Å². The summed E-state index contributed by atoms with van der Waals surface area (Å²) in [6, 6.07) is 15.7. The minimum absolute atomic E-state index is 0.135. The van der Waals surface area contributed by atoms with Gasteiger partial charge in [-0.3, -0.25) is 14.5 Å². The molecule has 158 valence electrons. The van der Waals surface area contributed by atoms with Crippen molar-refractivity contribution in [3.8, 4) is 0 Å². The van der Waals surface area contributed by atoms with Gasteiger partial charge in [0.15, 0.2) is 0 Å². The lowest BCUT2D eigenvalue weighted by Gasteiger charge is -2.38. The number of para-hydroxylation sites is 1. The molecule has 0 radical (unpaired) electrons. The molecular formula is C24H30N4O2. The number of rotatable bonds is 6. The predicted octanol–water partition coefficient (Wildman–Crippen LogP) is 3.36. The van der Waals surface area contributed by atoms with Gasteiger partial charge in [-0.2, -0.15) is 0 Å². The molecule has 2 aromatic carbocycles. The van der Waals surface area contributed by atoms with Gasteiger partial charge in [-0.05, 0) is 63.1 Å². The van der Waals surface area contributed by atoms with E-state index in [0.29, 0.717) is 22.9 Å². The van der Waals surface area contributed by atoms with Crippen LogP contribution >= 0.6 is 0 Å². The van der Waals surface area contributed by atoms with Crippen LogP contribution in [0.5, 0.6) is 0 Å². The lowest BCUT2D eigenvalue weighted by molar-refractivity contribution is 0.0952. The first-order valence-corrected chi connectivity index (χ1v) is 10.8. The summed E-state index contributed by atoms with van der Waals surface area (Å²) in [7, 11) is 0. The van der Waals surface area contributed by atoms with Crippen molar-refractivity contribution in [1.29, 1.82) is 0 Å². The van der Waals surface area contributed by atoms with Gasteiger partial charge in [-0.25, -0.2) is 0 Å². The number of carbonyl (C=O) groups excluding carboxylic acids is 2. The van der Waals surface area contributed by atoms with E-state index < -0.39 is 0 Å². The lowest BCUT2D eigenvalue weighted by atomic mass is 10.1. The number of nitrogens with zero attached hydrogens (tertiary/aromatic N) is 2. The molecule has 2 aliphatic rings. The van der Waals surface area contributed by atoms with E-state index in [0.717, 1.165) is 44.7 Å². The molecule has 4 rings (SSSR count). The molecule has 1 saturated carbocycles. The van der Waals surface area contributed by atoms with E-state index in [4.69, 9.17) is 0 Å². The quantitative estimate of drug-likeness (QED) is 0.772.